The smallest absolute Gasteiger partial charge is 0.210 e. The second-order valence-electron chi connectivity index (χ2n) is 4.64. The van der Waals surface area contributed by atoms with Crippen molar-refractivity contribution < 1.29 is 18.9 Å². The summed E-state index contributed by atoms with van der Waals surface area (Å²) in [6.07, 6.45) is 11.3. The Balaban J connectivity index is 0.00000242. The maximum Gasteiger partial charge on any atom is 0.210 e. The van der Waals surface area contributed by atoms with Gasteiger partial charge in [0.1, 0.15) is 0 Å². The largest absolute Gasteiger partial charge is 0.382 e. The van der Waals surface area contributed by atoms with Crippen molar-refractivity contribution in [3.8, 4) is 0 Å². The molecule has 1 aliphatic carbocycles. The standard InChI is InChI=1S/C15H22N2O4.ClH/c1-18-8-10-20-15(21-11-9-19-2)6-5-13-4-3-7-17(16)14(13)12-15;/h3-7,12H,8-11,16H2,1-2H3;1H. The van der Waals surface area contributed by atoms with E-state index in [-0.39, 0.29) is 12.4 Å². The van der Waals surface area contributed by atoms with Gasteiger partial charge in [-0.15, -0.1) is 12.4 Å². The molecule has 0 spiro atoms. The van der Waals surface area contributed by atoms with Crippen LogP contribution in [0.25, 0.3) is 0 Å². The van der Waals surface area contributed by atoms with Gasteiger partial charge in [-0.3, -0.25) is 5.01 Å². The van der Waals surface area contributed by atoms with E-state index in [0.717, 1.165) is 11.3 Å². The summed E-state index contributed by atoms with van der Waals surface area (Å²) < 4.78 is 21.8. The van der Waals surface area contributed by atoms with Crippen LogP contribution in [0.5, 0.6) is 0 Å². The van der Waals surface area contributed by atoms with E-state index in [1.165, 1.54) is 0 Å². The third-order valence-electron chi connectivity index (χ3n) is 3.16. The lowest BCUT2D eigenvalue weighted by atomic mass is 9.99. The predicted molar refractivity (Wildman–Crippen MR) is 86.1 cm³/mol. The Bertz CT molecular complexity index is 464. The molecule has 0 fully saturated rings. The Morgan fingerprint density at radius 3 is 2.32 bits per heavy atom. The van der Waals surface area contributed by atoms with Crippen molar-refractivity contribution in [2.45, 2.75) is 5.79 Å². The molecule has 0 aromatic heterocycles. The third kappa shape index (κ3) is 4.67. The zero-order chi connectivity index (χ0) is 15.1. The number of fused-ring (bicyclic) bond motifs is 1. The quantitative estimate of drug-likeness (QED) is 0.413. The number of hydrogen-bond donors (Lipinski definition) is 1. The summed E-state index contributed by atoms with van der Waals surface area (Å²) in [6.45, 7) is 1.80. The predicted octanol–water partition coefficient (Wildman–Crippen LogP) is 1.51. The topological polar surface area (TPSA) is 66.2 Å². The lowest BCUT2D eigenvalue weighted by Gasteiger charge is -2.34. The van der Waals surface area contributed by atoms with E-state index in [9.17, 15) is 0 Å². The zero-order valence-corrected chi connectivity index (χ0v) is 13.7. The molecule has 0 unspecified atom stereocenters. The highest BCUT2D eigenvalue weighted by Crippen LogP contribution is 2.31. The molecule has 124 valence electrons. The second kappa shape index (κ2) is 9.09. The molecule has 2 N–H and O–H groups in total. The van der Waals surface area contributed by atoms with Crippen LogP contribution in [0.15, 0.2) is 47.9 Å². The van der Waals surface area contributed by atoms with Gasteiger partial charge in [0.15, 0.2) is 0 Å². The Morgan fingerprint density at radius 2 is 1.73 bits per heavy atom. The van der Waals surface area contributed by atoms with E-state index < -0.39 is 5.79 Å². The minimum atomic E-state index is -0.952. The number of hydrazine groups is 1. The minimum absolute atomic E-state index is 0. The van der Waals surface area contributed by atoms with E-state index in [0.29, 0.717) is 26.4 Å². The monoisotopic (exact) mass is 330 g/mol. The molecule has 0 amide bonds. The highest BCUT2D eigenvalue weighted by molar-refractivity contribution is 5.85. The molecule has 2 rings (SSSR count). The van der Waals surface area contributed by atoms with Gasteiger partial charge in [0.05, 0.1) is 32.1 Å². The summed E-state index contributed by atoms with van der Waals surface area (Å²) in [6, 6.07) is 0. The number of rotatable bonds is 8. The van der Waals surface area contributed by atoms with Gasteiger partial charge in [-0.25, -0.2) is 5.84 Å². The Kier molecular flexibility index (Phi) is 7.81. The van der Waals surface area contributed by atoms with Crippen LogP contribution in [-0.2, 0) is 18.9 Å². The fourth-order valence-electron chi connectivity index (χ4n) is 2.09. The highest BCUT2D eigenvalue weighted by Gasteiger charge is 2.32. The zero-order valence-electron chi connectivity index (χ0n) is 12.9. The first-order valence-corrected chi connectivity index (χ1v) is 6.81. The molecule has 0 bridgehead atoms. The molecular weight excluding hydrogens is 308 g/mol. The number of nitrogens with zero attached hydrogens (tertiary/aromatic N) is 1. The van der Waals surface area contributed by atoms with Crippen LogP contribution in [0.2, 0.25) is 0 Å². The van der Waals surface area contributed by atoms with Gasteiger partial charge in [0.2, 0.25) is 5.79 Å². The van der Waals surface area contributed by atoms with E-state index in [2.05, 4.69) is 0 Å². The van der Waals surface area contributed by atoms with Gasteiger partial charge < -0.3 is 18.9 Å². The molecular formula is C15H23ClN2O4. The maximum absolute atomic E-state index is 5.96. The Hall–Kier alpha value is -1.15. The highest BCUT2D eigenvalue weighted by atomic mass is 35.5. The van der Waals surface area contributed by atoms with Gasteiger partial charge in [-0.2, -0.15) is 0 Å². The van der Waals surface area contributed by atoms with Crippen LogP contribution in [0, 0.1) is 0 Å². The summed E-state index contributed by atoms with van der Waals surface area (Å²) in [7, 11) is 3.26. The van der Waals surface area contributed by atoms with Crippen molar-refractivity contribution in [2.75, 3.05) is 40.6 Å². The lowest BCUT2D eigenvalue weighted by Crippen LogP contribution is -2.39. The fraction of sp³-hybridized carbons (Fsp3) is 0.467. The molecule has 0 saturated heterocycles. The number of nitrogens with two attached hydrogens (primary N) is 1. The molecule has 22 heavy (non-hydrogen) atoms. The minimum Gasteiger partial charge on any atom is -0.382 e. The SMILES string of the molecule is COCCOC1(OCCOC)C=CC2=CC=CN(N)C2=C1.Cl. The van der Waals surface area contributed by atoms with Gasteiger partial charge in [-0.05, 0) is 17.7 Å². The number of ether oxygens (including phenoxy) is 4. The molecule has 1 heterocycles. The summed E-state index contributed by atoms with van der Waals surface area (Å²) in [5.74, 6) is 5.01. The van der Waals surface area contributed by atoms with Crippen molar-refractivity contribution in [3.63, 3.8) is 0 Å². The lowest BCUT2D eigenvalue weighted by molar-refractivity contribution is -0.183. The van der Waals surface area contributed by atoms with Crippen molar-refractivity contribution in [1.82, 2.24) is 5.01 Å². The molecule has 0 aromatic carbocycles. The average molecular weight is 331 g/mol. The Labute approximate surface area is 137 Å². The first kappa shape index (κ1) is 18.9. The Morgan fingerprint density at radius 1 is 1.09 bits per heavy atom. The molecule has 0 aromatic rings. The van der Waals surface area contributed by atoms with E-state index in [4.69, 9.17) is 24.8 Å². The number of hydrogen-bond acceptors (Lipinski definition) is 6. The van der Waals surface area contributed by atoms with Crippen molar-refractivity contribution >= 4 is 12.4 Å². The first-order valence-electron chi connectivity index (χ1n) is 6.81. The third-order valence-corrected chi connectivity index (χ3v) is 3.16. The summed E-state index contributed by atoms with van der Waals surface area (Å²) in [5, 5.41) is 1.55. The molecule has 0 atom stereocenters. The summed E-state index contributed by atoms with van der Waals surface area (Å²) in [5.41, 5.74) is 1.86. The number of halogens is 1. The summed E-state index contributed by atoms with van der Waals surface area (Å²) in [4.78, 5) is 0. The molecule has 0 radical (unpaired) electrons. The van der Waals surface area contributed by atoms with Crippen molar-refractivity contribution in [2.24, 2.45) is 5.84 Å². The average Bonchev–Trinajstić information content (AvgIpc) is 2.49. The number of methoxy groups -OCH3 is 2. The molecule has 1 aliphatic heterocycles. The van der Waals surface area contributed by atoms with E-state index in [1.54, 1.807) is 25.4 Å². The van der Waals surface area contributed by atoms with Crippen LogP contribution in [0.3, 0.4) is 0 Å². The van der Waals surface area contributed by atoms with Crippen LogP contribution in [0.4, 0.5) is 0 Å². The molecule has 2 aliphatic rings. The van der Waals surface area contributed by atoms with E-state index >= 15 is 0 Å². The molecule has 7 heteroatoms. The van der Waals surface area contributed by atoms with E-state index in [1.807, 2.05) is 30.4 Å². The first-order chi connectivity index (χ1) is 10.2. The van der Waals surface area contributed by atoms with Gasteiger partial charge in [0.25, 0.3) is 0 Å². The maximum atomic E-state index is 5.96. The molecule has 0 saturated carbocycles. The second-order valence-corrected chi connectivity index (χ2v) is 4.64. The molecule has 6 nitrogen and oxygen atoms in total. The van der Waals surface area contributed by atoms with Crippen molar-refractivity contribution in [3.05, 3.63) is 47.9 Å². The van der Waals surface area contributed by atoms with Gasteiger partial charge in [-0.1, -0.05) is 12.2 Å². The van der Waals surface area contributed by atoms with Crippen LogP contribution in [-0.4, -0.2) is 51.4 Å². The number of allylic oxidation sites excluding steroid dienone is 3. The normalized spacial score (nSPS) is 18.4. The fourth-order valence-corrected chi connectivity index (χ4v) is 2.09. The van der Waals surface area contributed by atoms with Crippen LogP contribution in [0.1, 0.15) is 0 Å². The van der Waals surface area contributed by atoms with Crippen molar-refractivity contribution in [1.29, 1.82) is 0 Å². The van der Waals surface area contributed by atoms with Gasteiger partial charge in [0, 0.05) is 26.5 Å². The van der Waals surface area contributed by atoms with Gasteiger partial charge >= 0.3 is 0 Å². The van der Waals surface area contributed by atoms with Crippen LogP contribution < -0.4 is 5.84 Å². The van der Waals surface area contributed by atoms with Crippen LogP contribution >= 0.6 is 12.4 Å². The summed E-state index contributed by atoms with van der Waals surface area (Å²) >= 11 is 0.